The topological polar surface area (TPSA) is 50.7 Å². The Hall–Kier alpha value is -2.15. The third kappa shape index (κ3) is 4.10. The first-order chi connectivity index (χ1) is 11.8. The van der Waals surface area contributed by atoms with E-state index in [4.69, 9.17) is 0 Å². The molecule has 132 valence electrons. The van der Waals surface area contributed by atoms with Crippen molar-refractivity contribution in [2.24, 2.45) is 0 Å². The molecule has 2 heterocycles. The maximum atomic E-state index is 13.0. The molecule has 25 heavy (non-hydrogen) atoms. The predicted octanol–water partition coefficient (Wildman–Crippen LogP) is 4.98. The summed E-state index contributed by atoms with van der Waals surface area (Å²) in [4.78, 5) is 12.6. The fourth-order valence-corrected chi connectivity index (χ4v) is 3.34. The van der Waals surface area contributed by atoms with E-state index in [1.165, 1.54) is 0 Å². The molecule has 0 bridgehead atoms. The van der Waals surface area contributed by atoms with E-state index in [2.05, 4.69) is 41.0 Å². The van der Waals surface area contributed by atoms with E-state index in [9.17, 15) is 8.78 Å². The second-order valence-corrected chi connectivity index (χ2v) is 7.68. The van der Waals surface area contributed by atoms with Gasteiger partial charge in [0.15, 0.2) is 5.82 Å². The van der Waals surface area contributed by atoms with Crippen LogP contribution in [0.5, 0.6) is 0 Å². The molecule has 3 rings (SSSR count). The van der Waals surface area contributed by atoms with Gasteiger partial charge in [-0.1, -0.05) is 32.9 Å². The van der Waals surface area contributed by atoms with Gasteiger partial charge < -0.3 is 5.32 Å². The van der Waals surface area contributed by atoms with Gasteiger partial charge in [-0.2, -0.15) is 0 Å². The Kier molecular flexibility index (Phi) is 4.94. The lowest BCUT2D eigenvalue weighted by Gasteiger charge is -2.13. The van der Waals surface area contributed by atoms with E-state index in [0.717, 1.165) is 16.1 Å². The Bertz CT molecular complexity index is 871. The number of anilines is 1. The molecule has 3 aromatic rings. The van der Waals surface area contributed by atoms with Crippen molar-refractivity contribution in [3.8, 4) is 0 Å². The number of benzene rings is 1. The van der Waals surface area contributed by atoms with Crippen molar-refractivity contribution >= 4 is 28.1 Å². The van der Waals surface area contributed by atoms with E-state index in [1.54, 1.807) is 23.5 Å². The standard InChI is InChI=1S/C18H20F2N4S/c1-18(2,3)17-22-11(10-25-17)8-9-21-15-12-6-4-5-7-13(12)23-16(24-15)14(19)20/h4-7,10,14H,8-9H2,1-3H3,(H,21,23,24). The van der Waals surface area contributed by atoms with Crippen LogP contribution in [0.1, 0.15) is 43.7 Å². The van der Waals surface area contributed by atoms with Crippen LogP contribution in [0.15, 0.2) is 29.6 Å². The number of hydrogen-bond acceptors (Lipinski definition) is 5. The van der Waals surface area contributed by atoms with Crippen molar-refractivity contribution in [3.05, 3.63) is 46.2 Å². The molecule has 0 aliphatic heterocycles. The van der Waals surface area contributed by atoms with E-state index in [-0.39, 0.29) is 5.41 Å². The monoisotopic (exact) mass is 362 g/mol. The fraction of sp³-hybridized carbons (Fsp3) is 0.389. The lowest BCUT2D eigenvalue weighted by molar-refractivity contribution is 0.141. The van der Waals surface area contributed by atoms with Gasteiger partial charge in [0.25, 0.3) is 6.43 Å². The first-order valence-corrected chi connectivity index (χ1v) is 8.96. The van der Waals surface area contributed by atoms with E-state index in [0.29, 0.717) is 24.3 Å². The number of nitrogens with zero attached hydrogens (tertiary/aromatic N) is 3. The number of aromatic nitrogens is 3. The van der Waals surface area contributed by atoms with Gasteiger partial charge in [-0.25, -0.2) is 23.7 Å². The van der Waals surface area contributed by atoms with Crippen molar-refractivity contribution in [3.63, 3.8) is 0 Å². The second kappa shape index (κ2) is 7.00. The van der Waals surface area contributed by atoms with Crippen LogP contribution in [0.2, 0.25) is 0 Å². The van der Waals surface area contributed by atoms with Gasteiger partial charge in [0.05, 0.1) is 16.2 Å². The molecule has 4 nitrogen and oxygen atoms in total. The normalized spacial score (nSPS) is 12.1. The van der Waals surface area contributed by atoms with Crippen LogP contribution in [0.25, 0.3) is 10.9 Å². The largest absolute Gasteiger partial charge is 0.369 e. The number of nitrogens with one attached hydrogen (secondary N) is 1. The quantitative estimate of drug-likeness (QED) is 0.696. The molecule has 0 fully saturated rings. The average molecular weight is 362 g/mol. The van der Waals surface area contributed by atoms with E-state index >= 15 is 0 Å². The fourth-order valence-electron chi connectivity index (χ4n) is 2.40. The summed E-state index contributed by atoms with van der Waals surface area (Å²) in [5, 5.41) is 7.04. The van der Waals surface area contributed by atoms with Crippen LogP contribution in [0.4, 0.5) is 14.6 Å². The highest BCUT2D eigenvalue weighted by Crippen LogP contribution is 2.26. The minimum atomic E-state index is -2.70. The summed E-state index contributed by atoms with van der Waals surface area (Å²) >= 11 is 1.65. The minimum Gasteiger partial charge on any atom is -0.369 e. The van der Waals surface area contributed by atoms with Gasteiger partial charge >= 0.3 is 0 Å². The van der Waals surface area contributed by atoms with Crippen LogP contribution in [0, 0.1) is 0 Å². The summed E-state index contributed by atoms with van der Waals surface area (Å²) in [5.41, 5.74) is 1.54. The van der Waals surface area contributed by atoms with Crippen molar-refractivity contribution in [1.29, 1.82) is 0 Å². The molecular weight excluding hydrogens is 342 g/mol. The summed E-state index contributed by atoms with van der Waals surface area (Å²) in [5.74, 6) is -0.0166. The zero-order chi connectivity index (χ0) is 18.0. The summed E-state index contributed by atoms with van der Waals surface area (Å²) in [6.45, 7) is 6.96. The maximum absolute atomic E-state index is 13.0. The highest BCUT2D eigenvalue weighted by Gasteiger charge is 2.18. The van der Waals surface area contributed by atoms with E-state index in [1.807, 2.05) is 17.5 Å². The maximum Gasteiger partial charge on any atom is 0.297 e. The van der Waals surface area contributed by atoms with Crippen LogP contribution in [0.3, 0.4) is 0 Å². The van der Waals surface area contributed by atoms with Crippen molar-refractivity contribution in [1.82, 2.24) is 15.0 Å². The zero-order valence-electron chi connectivity index (χ0n) is 14.4. The van der Waals surface area contributed by atoms with Gasteiger partial charge in [0.1, 0.15) is 5.82 Å². The van der Waals surface area contributed by atoms with Gasteiger partial charge in [-0.3, -0.25) is 0 Å². The molecule has 0 atom stereocenters. The van der Waals surface area contributed by atoms with Gasteiger partial charge in [-0.05, 0) is 12.1 Å². The summed E-state index contributed by atoms with van der Waals surface area (Å²) in [6.07, 6.45) is -1.99. The Labute approximate surface area is 149 Å². The summed E-state index contributed by atoms with van der Waals surface area (Å²) < 4.78 is 26.0. The molecule has 1 aromatic carbocycles. The highest BCUT2D eigenvalue weighted by atomic mass is 32.1. The molecule has 1 N–H and O–H groups in total. The van der Waals surface area contributed by atoms with Crippen molar-refractivity contribution in [2.45, 2.75) is 39.0 Å². The minimum absolute atomic E-state index is 0.0331. The number of rotatable bonds is 5. The Morgan fingerprint density at radius 2 is 1.88 bits per heavy atom. The van der Waals surface area contributed by atoms with Crippen LogP contribution >= 0.6 is 11.3 Å². The number of alkyl halides is 2. The lowest BCUT2D eigenvalue weighted by Crippen LogP contribution is -2.12. The van der Waals surface area contributed by atoms with Crippen molar-refractivity contribution < 1.29 is 8.78 Å². The first-order valence-electron chi connectivity index (χ1n) is 8.08. The molecule has 0 saturated carbocycles. The molecule has 0 radical (unpaired) electrons. The summed E-state index contributed by atoms with van der Waals surface area (Å²) in [6, 6.07) is 7.16. The number of fused-ring (bicyclic) bond motifs is 1. The zero-order valence-corrected chi connectivity index (χ0v) is 15.2. The molecule has 0 aliphatic carbocycles. The number of hydrogen-bond donors (Lipinski definition) is 1. The van der Waals surface area contributed by atoms with Crippen molar-refractivity contribution in [2.75, 3.05) is 11.9 Å². The Balaban J connectivity index is 1.75. The van der Waals surface area contributed by atoms with Crippen LogP contribution in [-0.4, -0.2) is 21.5 Å². The molecule has 0 aliphatic rings. The first kappa shape index (κ1) is 17.7. The molecule has 0 amide bonds. The molecular formula is C18H20F2N4S. The van der Waals surface area contributed by atoms with Gasteiger partial charge in [0.2, 0.25) is 0 Å². The van der Waals surface area contributed by atoms with E-state index < -0.39 is 12.2 Å². The predicted molar refractivity (Wildman–Crippen MR) is 97.5 cm³/mol. The molecule has 0 unspecified atom stereocenters. The third-order valence-electron chi connectivity index (χ3n) is 3.68. The second-order valence-electron chi connectivity index (χ2n) is 6.82. The third-order valence-corrected chi connectivity index (χ3v) is 5.00. The smallest absolute Gasteiger partial charge is 0.297 e. The Morgan fingerprint density at radius 3 is 2.56 bits per heavy atom. The SMILES string of the molecule is CC(C)(C)c1nc(CCNc2nc(C(F)F)nc3ccccc23)cs1. The molecule has 2 aromatic heterocycles. The van der Waals surface area contributed by atoms with Crippen LogP contribution in [-0.2, 0) is 11.8 Å². The molecule has 0 spiro atoms. The Morgan fingerprint density at radius 1 is 1.12 bits per heavy atom. The average Bonchev–Trinajstić information content (AvgIpc) is 3.03. The van der Waals surface area contributed by atoms with Crippen LogP contribution < -0.4 is 5.32 Å². The van der Waals surface area contributed by atoms with Gasteiger partial charge in [-0.15, -0.1) is 11.3 Å². The summed E-state index contributed by atoms with van der Waals surface area (Å²) in [7, 11) is 0. The number of para-hydroxylation sites is 1. The lowest BCUT2D eigenvalue weighted by atomic mass is 9.98. The molecule has 7 heteroatoms. The number of thiazole rings is 1. The van der Waals surface area contributed by atoms with Gasteiger partial charge in [0, 0.05) is 29.1 Å². The number of halogens is 2. The molecule has 0 saturated heterocycles. The highest BCUT2D eigenvalue weighted by molar-refractivity contribution is 7.09.